The first kappa shape index (κ1) is 22.4. The first-order chi connectivity index (χ1) is 9.31. The van der Waals surface area contributed by atoms with Gasteiger partial charge in [-0.3, -0.25) is 4.39 Å². The Morgan fingerprint density at radius 1 is 0.714 bits per heavy atom. The average molecular weight is 349 g/mol. The minimum atomic E-state index is -5.94. The van der Waals surface area contributed by atoms with Gasteiger partial charge in [-0.2, -0.15) is 35.1 Å². The molecule has 0 amide bonds. The lowest BCUT2D eigenvalue weighted by molar-refractivity contribution is -0.565. The molecule has 0 aliphatic carbocycles. The minimum Gasteiger partial charge on any atom is -0.255 e. The van der Waals surface area contributed by atoms with Gasteiger partial charge in [0.1, 0.15) is 0 Å². The summed E-state index contributed by atoms with van der Waals surface area (Å²) in [7, 11) is 0.500. The molecule has 0 bridgehead atoms. The highest BCUT2D eigenvalue weighted by Crippen LogP contribution is 2.55. The van der Waals surface area contributed by atoms with Gasteiger partial charge in [0.05, 0.1) is 7.18 Å². The molecular weight excluding hydrogens is 342 g/mol. The lowest BCUT2D eigenvalue weighted by Gasteiger charge is -2.45. The molecule has 1 heterocycles. The van der Waals surface area contributed by atoms with Crippen LogP contribution in [0.15, 0.2) is 0 Å². The summed E-state index contributed by atoms with van der Waals surface area (Å²) < 4.78 is 142. The zero-order valence-corrected chi connectivity index (χ0v) is 9.81. The van der Waals surface area contributed by atoms with E-state index in [2.05, 4.69) is 0 Å². The standard InChI is InChI=1S/C5H2F9NO.CH2F2.CH3F/c6-1-15-2(7,8)4(11,12)16-5(13,14)3(15,9)10;2-1-3;1-2/h1H2;1H2;1H3. The van der Waals surface area contributed by atoms with Gasteiger partial charge in [0, 0.05) is 0 Å². The largest absolute Gasteiger partial charge is 0.439 e. The van der Waals surface area contributed by atoms with Crippen molar-refractivity contribution < 1.29 is 57.4 Å². The van der Waals surface area contributed by atoms with Gasteiger partial charge in [0.15, 0.2) is 6.80 Å². The second-order valence-corrected chi connectivity index (χ2v) is 2.87. The third-order valence-electron chi connectivity index (χ3n) is 1.75. The first-order valence-corrected chi connectivity index (χ1v) is 4.36. The molecular formula is C7H7F12NO. The fourth-order valence-electron chi connectivity index (χ4n) is 0.924. The zero-order valence-electron chi connectivity index (χ0n) is 9.81. The smallest absolute Gasteiger partial charge is 0.255 e. The molecule has 0 radical (unpaired) electrons. The molecule has 1 fully saturated rings. The molecule has 0 saturated carbocycles. The van der Waals surface area contributed by atoms with Gasteiger partial charge in [-0.05, 0) is 0 Å². The van der Waals surface area contributed by atoms with Gasteiger partial charge in [-0.1, -0.05) is 0 Å². The molecule has 0 atom stereocenters. The molecule has 1 aliphatic rings. The maximum atomic E-state index is 12.5. The maximum Gasteiger partial charge on any atom is 0.439 e. The number of hydrogen-bond donors (Lipinski definition) is 0. The SMILES string of the molecule is CF.FCF.FCN1C(F)(F)C(F)(F)OC(F)(F)C1(F)F. The van der Waals surface area contributed by atoms with Crippen LogP contribution in [0.25, 0.3) is 0 Å². The molecule has 2 nitrogen and oxygen atoms in total. The number of ether oxygens (including phenoxy) is 1. The molecule has 1 rings (SSSR count). The minimum absolute atomic E-state index is 0.500. The Labute approximate surface area is 109 Å². The highest BCUT2D eigenvalue weighted by atomic mass is 19.4. The fourth-order valence-corrected chi connectivity index (χ4v) is 0.924. The lowest BCUT2D eigenvalue weighted by Crippen LogP contribution is -2.73. The molecule has 0 aromatic rings. The van der Waals surface area contributed by atoms with Crippen LogP contribution in [0.2, 0.25) is 0 Å². The summed E-state index contributed by atoms with van der Waals surface area (Å²) in [6.45, 7) is -4.66. The van der Waals surface area contributed by atoms with Gasteiger partial charge in [-0.25, -0.2) is 17.9 Å². The quantitative estimate of drug-likeness (QED) is 0.522. The number of nitrogens with zero attached hydrogens (tertiary/aromatic N) is 1. The Bertz CT molecular complexity index is 282. The van der Waals surface area contributed by atoms with E-state index in [1.807, 2.05) is 4.74 Å². The van der Waals surface area contributed by atoms with E-state index in [4.69, 9.17) is 0 Å². The number of hydrogen-bond acceptors (Lipinski definition) is 2. The van der Waals surface area contributed by atoms with Crippen LogP contribution >= 0.6 is 0 Å². The van der Waals surface area contributed by atoms with Crippen molar-refractivity contribution in [1.29, 1.82) is 0 Å². The summed E-state index contributed by atoms with van der Waals surface area (Å²) in [5.41, 5.74) is 0. The molecule has 1 saturated heterocycles. The second kappa shape index (κ2) is 7.38. The van der Waals surface area contributed by atoms with Gasteiger partial charge >= 0.3 is 24.3 Å². The van der Waals surface area contributed by atoms with Crippen molar-refractivity contribution in [1.82, 2.24) is 4.90 Å². The van der Waals surface area contributed by atoms with Crippen LogP contribution in [0.4, 0.5) is 52.7 Å². The van der Waals surface area contributed by atoms with E-state index in [0.717, 1.165) is 0 Å². The maximum absolute atomic E-state index is 12.5. The average Bonchev–Trinajstić information content (AvgIpc) is 2.29. The van der Waals surface area contributed by atoms with Gasteiger partial charge in [-0.15, -0.1) is 4.90 Å². The lowest BCUT2D eigenvalue weighted by atomic mass is 10.3. The van der Waals surface area contributed by atoms with Crippen LogP contribution in [0.1, 0.15) is 0 Å². The Kier molecular flexibility index (Phi) is 7.85. The van der Waals surface area contributed by atoms with Gasteiger partial charge < -0.3 is 0 Å². The Morgan fingerprint density at radius 2 is 0.952 bits per heavy atom. The van der Waals surface area contributed by atoms with E-state index in [-0.39, 0.29) is 0 Å². The Hall–Kier alpha value is -0.920. The van der Waals surface area contributed by atoms with E-state index in [1.54, 1.807) is 0 Å². The number of morpholine rings is 1. The monoisotopic (exact) mass is 349 g/mol. The molecule has 1 aliphatic heterocycles. The van der Waals surface area contributed by atoms with Crippen molar-refractivity contribution in [3.63, 3.8) is 0 Å². The van der Waals surface area contributed by atoms with E-state index in [0.29, 0.717) is 7.18 Å². The van der Waals surface area contributed by atoms with Crippen LogP contribution in [0, 0.1) is 0 Å². The van der Waals surface area contributed by atoms with Crippen molar-refractivity contribution in [2.75, 3.05) is 20.9 Å². The third-order valence-corrected chi connectivity index (χ3v) is 1.75. The van der Waals surface area contributed by atoms with Gasteiger partial charge in [0.25, 0.3) is 0 Å². The normalized spacial score (nSPS) is 25.0. The molecule has 14 heteroatoms. The van der Waals surface area contributed by atoms with Crippen LogP contribution in [-0.2, 0) is 4.74 Å². The van der Waals surface area contributed by atoms with E-state index in [9.17, 15) is 52.7 Å². The number of halogens is 12. The van der Waals surface area contributed by atoms with E-state index >= 15 is 0 Å². The van der Waals surface area contributed by atoms with Gasteiger partial charge in [0.2, 0.25) is 6.93 Å². The predicted molar refractivity (Wildman–Crippen MR) is 42.8 cm³/mol. The zero-order chi connectivity index (χ0) is 17.7. The molecule has 0 N–H and O–H groups in total. The highest BCUT2D eigenvalue weighted by Gasteiger charge is 2.82. The summed E-state index contributed by atoms with van der Waals surface area (Å²) in [4.78, 5) is -2.26. The van der Waals surface area contributed by atoms with Crippen LogP contribution < -0.4 is 0 Å². The molecule has 0 aromatic carbocycles. The highest BCUT2D eigenvalue weighted by molar-refractivity contribution is 4.92. The summed E-state index contributed by atoms with van der Waals surface area (Å²) in [5, 5.41) is 0. The van der Waals surface area contributed by atoms with Crippen molar-refractivity contribution in [2.24, 2.45) is 0 Å². The molecule has 130 valence electrons. The molecule has 0 aromatic heterocycles. The number of rotatable bonds is 1. The van der Waals surface area contributed by atoms with Crippen molar-refractivity contribution in [2.45, 2.75) is 24.3 Å². The first-order valence-electron chi connectivity index (χ1n) is 4.36. The number of alkyl halides is 12. The Balaban J connectivity index is 0. The second-order valence-electron chi connectivity index (χ2n) is 2.87. The third kappa shape index (κ3) is 4.05. The van der Waals surface area contributed by atoms with Crippen LogP contribution in [0.5, 0.6) is 0 Å². The van der Waals surface area contributed by atoms with Crippen molar-refractivity contribution >= 4 is 0 Å². The fraction of sp³-hybridized carbons (Fsp3) is 1.00. The molecule has 21 heavy (non-hydrogen) atoms. The van der Waals surface area contributed by atoms with E-state index in [1.165, 1.54) is 0 Å². The molecule has 0 spiro atoms. The molecule has 0 unspecified atom stereocenters. The summed E-state index contributed by atoms with van der Waals surface area (Å²) in [6, 6.07) is -11.8. The van der Waals surface area contributed by atoms with Crippen molar-refractivity contribution in [3.05, 3.63) is 0 Å². The summed E-state index contributed by atoms with van der Waals surface area (Å²) in [6.07, 6.45) is -11.9. The van der Waals surface area contributed by atoms with Crippen LogP contribution in [-0.4, -0.2) is 50.1 Å². The Morgan fingerprint density at radius 3 is 1.14 bits per heavy atom. The van der Waals surface area contributed by atoms with Crippen LogP contribution in [0.3, 0.4) is 0 Å². The summed E-state index contributed by atoms with van der Waals surface area (Å²) >= 11 is 0. The summed E-state index contributed by atoms with van der Waals surface area (Å²) in [5.74, 6) is 0. The van der Waals surface area contributed by atoms with Crippen molar-refractivity contribution in [3.8, 4) is 0 Å². The van der Waals surface area contributed by atoms with E-state index < -0.39 is 42.9 Å². The predicted octanol–water partition coefficient (Wildman–Crippen LogP) is 4.09. The topological polar surface area (TPSA) is 12.5 Å².